The molecule has 0 saturated carbocycles. The van der Waals surface area contributed by atoms with E-state index in [1.165, 1.54) is 5.69 Å². The maximum absolute atomic E-state index is 4.31. The number of allylic oxidation sites excluding steroid dienone is 1. The zero-order valence-electron chi connectivity index (χ0n) is 13.3. The van der Waals surface area contributed by atoms with Gasteiger partial charge in [-0.3, -0.25) is 4.99 Å². The van der Waals surface area contributed by atoms with Gasteiger partial charge in [-0.05, 0) is 31.4 Å². The van der Waals surface area contributed by atoms with Crippen molar-refractivity contribution in [1.29, 1.82) is 0 Å². The maximum atomic E-state index is 4.31. The van der Waals surface area contributed by atoms with Crippen molar-refractivity contribution in [3.8, 4) is 0 Å². The number of benzene rings is 1. The van der Waals surface area contributed by atoms with Gasteiger partial charge in [0.2, 0.25) is 0 Å². The van der Waals surface area contributed by atoms with Crippen molar-refractivity contribution in [2.75, 3.05) is 39.0 Å². The summed E-state index contributed by atoms with van der Waals surface area (Å²) in [6.45, 7) is 6.61. The summed E-state index contributed by atoms with van der Waals surface area (Å²) >= 11 is 0. The molecule has 21 heavy (non-hydrogen) atoms. The van der Waals surface area contributed by atoms with E-state index < -0.39 is 0 Å². The monoisotopic (exact) mass is 288 g/mol. The van der Waals surface area contributed by atoms with Gasteiger partial charge in [0, 0.05) is 39.4 Å². The maximum Gasteiger partial charge on any atom is 0.193 e. The van der Waals surface area contributed by atoms with Crippen molar-refractivity contribution in [2.24, 2.45) is 4.99 Å². The van der Waals surface area contributed by atoms with Crippen LogP contribution in [0.1, 0.15) is 19.3 Å². The number of hydrogen-bond acceptors (Lipinski definition) is 2. The SMILES string of the molecule is C=CCCCN(C)C(=NC)NCCCNc1ccccc1. The average molecular weight is 288 g/mol. The van der Waals surface area contributed by atoms with Gasteiger partial charge >= 0.3 is 0 Å². The van der Waals surface area contributed by atoms with E-state index in [0.717, 1.165) is 44.9 Å². The van der Waals surface area contributed by atoms with E-state index in [2.05, 4.69) is 46.3 Å². The van der Waals surface area contributed by atoms with Crippen LogP contribution in [0.3, 0.4) is 0 Å². The molecular formula is C17H28N4. The van der Waals surface area contributed by atoms with Gasteiger partial charge in [-0.1, -0.05) is 24.3 Å². The molecule has 0 aliphatic heterocycles. The summed E-state index contributed by atoms with van der Waals surface area (Å²) in [5, 5.41) is 6.80. The molecule has 1 aromatic carbocycles. The first kappa shape index (κ1) is 17.1. The molecule has 0 amide bonds. The fourth-order valence-corrected chi connectivity index (χ4v) is 2.04. The van der Waals surface area contributed by atoms with E-state index >= 15 is 0 Å². The summed E-state index contributed by atoms with van der Waals surface area (Å²) in [7, 11) is 3.90. The van der Waals surface area contributed by atoms with Crippen molar-refractivity contribution >= 4 is 11.6 Å². The number of anilines is 1. The lowest BCUT2D eigenvalue weighted by atomic mass is 10.3. The van der Waals surface area contributed by atoms with Crippen LogP contribution < -0.4 is 10.6 Å². The largest absolute Gasteiger partial charge is 0.385 e. The Morgan fingerprint density at radius 1 is 1.24 bits per heavy atom. The molecule has 0 spiro atoms. The lowest BCUT2D eigenvalue weighted by Crippen LogP contribution is -2.40. The fourth-order valence-electron chi connectivity index (χ4n) is 2.04. The molecule has 0 atom stereocenters. The van der Waals surface area contributed by atoms with Crippen LogP contribution in [0.25, 0.3) is 0 Å². The van der Waals surface area contributed by atoms with Gasteiger partial charge in [0.05, 0.1) is 0 Å². The highest BCUT2D eigenvalue weighted by Gasteiger charge is 2.03. The van der Waals surface area contributed by atoms with Gasteiger partial charge in [0.1, 0.15) is 0 Å². The molecule has 1 aromatic rings. The van der Waals surface area contributed by atoms with Crippen molar-refractivity contribution in [3.05, 3.63) is 43.0 Å². The molecule has 0 aromatic heterocycles. The van der Waals surface area contributed by atoms with E-state index in [4.69, 9.17) is 0 Å². The van der Waals surface area contributed by atoms with E-state index in [1.54, 1.807) is 0 Å². The van der Waals surface area contributed by atoms with Crippen LogP contribution in [0.2, 0.25) is 0 Å². The van der Waals surface area contributed by atoms with Gasteiger partial charge in [-0.15, -0.1) is 6.58 Å². The summed E-state index contributed by atoms with van der Waals surface area (Å²) in [6, 6.07) is 10.3. The zero-order chi connectivity index (χ0) is 15.3. The minimum atomic E-state index is 0.915. The molecule has 0 fully saturated rings. The molecule has 2 N–H and O–H groups in total. The summed E-state index contributed by atoms with van der Waals surface area (Å²) < 4.78 is 0. The molecule has 4 heteroatoms. The quantitative estimate of drug-likeness (QED) is 0.318. The number of para-hydroxylation sites is 1. The molecule has 0 aliphatic rings. The number of nitrogens with one attached hydrogen (secondary N) is 2. The Kier molecular flexibility index (Phi) is 8.76. The Bertz CT molecular complexity index is 414. The topological polar surface area (TPSA) is 39.7 Å². The third-order valence-corrected chi connectivity index (χ3v) is 3.21. The second-order valence-corrected chi connectivity index (χ2v) is 4.97. The lowest BCUT2D eigenvalue weighted by Gasteiger charge is -2.21. The van der Waals surface area contributed by atoms with Crippen LogP contribution >= 0.6 is 0 Å². The van der Waals surface area contributed by atoms with Gasteiger partial charge in [-0.25, -0.2) is 0 Å². The molecule has 116 valence electrons. The van der Waals surface area contributed by atoms with Crippen LogP contribution in [0.5, 0.6) is 0 Å². The molecule has 0 saturated heterocycles. The highest BCUT2D eigenvalue weighted by atomic mass is 15.3. The van der Waals surface area contributed by atoms with Gasteiger partial charge < -0.3 is 15.5 Å². The minimum Gasteiger partial charge on any atom is -0.385 e. The Labute approximate surface area is 129 Å². The lowest BCUT2D eigenvalue weighted by molar-refractivity contribution is 0.469. The van der Waals surface area contributed by atoms with Gasteiger partial charge in [-0.2, -0.15) is 0 Å². The van der Waals surface area contributed by atoms with Crippen molar-refractivity contribution in [2.45, 2.75) is 19.3 Å². The van der Waals surface area contributed by atoms with E-state index in [9.17, 15) is 0 Å². The summed E-state index contributed by atoms with van der Waals surface area (Å²) in [5.74, 6) is 0.957. The van der Waals surface area contributed by atoms with Crippen LogP contribution in [-0.2, 0) is 0 Å². The molecule has 0 heterocycles. The third kappa shape index (κ3) is 7.40. The highest BCUT2D eigenvalue weighted by molar-refractivity contribution is 5.79. The Morgan fingerprint density at radius 2 is 2.00 bits per heavy atom. The van der Waals surface area contributed by atoms with Crippen LogP contribution in [0.4, 0.5) is 5.69 Å². The summed E-state index contributed by atoms with van der Waals surface area (Å²) in [5.41, 5.74) is 1.17. The summed E-state index contributed by atoms with van der Waals surface area (Å²) in [6.07, 6.45) is 5.16. The van der Waals surface area contributed by atoms with Crippen molar-refractivity contribution in [1.82, 2.24) is 10.2 Å². The first-order valence-corrected chi connectivity index (χ1v) is 7.59. The number of rotatable bonds is 9. The molecule has 0 bridgehead atoms. The molecule has 0 aliphatic carbocycles. The van der Waals surface area contributed by atoms with Crippen molar-refractivity contribution in [3.63, 3.8) is 0 Å². The Balaban J connectivity index is 2.16. The van der Waals surface area contributed by atoms with E-state index in [1.807, 2.05) is 31.3 Å². The standard InChI is InChI=1S/C17H28N4/c1-4-5-9-15-21(3)17(18-2)20-14-10-13-19-16-11-7-6-8-12-16/h4,6-8,11-12,19H,1,5,9-10,13-15H2,2-3H3,(H,18,20). The predicted molar refractivity (Wildman–Crippen MR) is 93.0 cm³/mol. The molecule has 0 radical (unpaired) electrons. The van der Waals surface area contributed by atoms with E-state index in [0.29, 0.717) is 0 Å². The first-order valence-electron chi connectivity index (χ1n) is 7.59. The first-order chi connectivity index (χ1) is 10.3. The van der Waals surface area contributed by atoms with Crippen LogP contribution in [-0.4, -0.2) is 44.6 Å². The second-order valence-electron chi connectivity index (χ2n) is 4.97. The normalized spacial score (nSPS) is 11.0. The third-order valence-electron chi connectivity index (χ3n) is 3.21. The number of nitrogens with zero attached hydrogens (tertiary/aromatic N) is 2. The van der Waals surface area contributed by atoms with Crippen molar-refractivity contribution < 1.29 is 0 Å². The fraction of sp³-hybridized carbons (Fsp3) is 0.471. The van der Waals surface area contributed by atoms with Gasteiger partial charge in [0.15, 0.2) is 5.96 Å². The molecule has 0 unspecified atom stereocenters. The zero-order valence-corrected chi connectivity index (χ0v) is 13.3. The average Bonchev–Trinajstić information content (AvgIpc) is 2.52. The van der Waals surface area contributed by atoms with E-state index in [-0.39, 0.29) is 0 Å². The highest BCUT2D eigenvalue weighted by Crippen LogP contribution is 2.04. The smallest absolute Gasteiger partial charge is 0.193 e. The molecular weight excluding hydrogens is 260 g/mol. The Morgan fingerprint density at radius 3 is 2.67 bits per heavy atom. The molecule has 4 nitrogen and oxygen atoms in total. The van der Waals surface area contributed by atoms with Crippen LogP contribution in [0, 0.1) is 0 Å². The number of hydrogen-bond donors (Lipinski definition) is 2. The minimum absolute atomic E-state index is 0.915. The number of unbranched alkanes of at least 4 members (excludes halogenated alkanes) is 1. The predicted octanol–water partition coefficient (Wildman–Crippen LogP) is 2.96. The number of guanidine groups is 1. The van der Waals surface area contributed by atoms with Gasteiger partial charge in [0.25, 0.3) is 0 Å². The molecule has 1 rings (SSSR count). The van der Waals surface area contributed by atoms with Crippen LogP contribution in [0.15, 0.2) is 48.0 Å². The Hall–Kier alpha value is -1.97. The second kappa shape index (κ2) is 10.8. The summed E-state index contributed by atoms with van der Waals surface area (Å²) in [4.78, 5) is 6.47. The number of aliphatic imine (C=N–C) groups is 1.